The van der Waals surface area contributed by atoms with E-state index in [1.807, 2.05) is 0 Å². The van der Waals surface area contributed by atoms with Gasteiger partial charge < -0.3 is 14.3 Å². The molecule has 19 heavy (non-hydrogen) atoms. The number of carboxylic acids is 1. The molecule has 7 heteroatoms. The second-order valence-electron chi connectivity index (χ2n) is 5.44. The van der Waals surface area contributed by atoms with Gasteiger partial charge in [0.15, 0.2) is 0 Å². The summed E-state index contributed by atoms with van der Waals surface area (Å²) in [5.74, 6) is -1.29. The number of aromatic carboxylic acids is 1. The Morgan fingerprint density at radius 1 is 1.42 bits per heavy atom. The Morgan fingerprint density at radius 2 is 2.05 bits per heavy atom. The van der Waals surface area contributed by atoms with Crippen LogP contribution in [-0.4, -0.2) is 27.8 Å². The summed E-state index contributed by atoms with van der Waals surface area (Å²) in [4.78, 5) is 26.5. The molecule has 1 aromatic heterocycles. The molecule has 104 valence electrons. The third-order valence-electron chi connectivity index (χ3n) is 2.42. The molecule has 2 rings (SSSR count). The Bertz CT molecular complexity index is 511. The Balaban J connectivity index is 2.11. The van der Waals surface area contributed by atoms with Gasteiger partial charge in [0.1, 0.15) is 5.60 Å². The Hall–Kier alpha value is -2.05. The predicted molar refractivity (Wildman–Crippen MR) is 65.3 cm³/mol. The number of aromatic nitrogens is 1. The Morgan fingerprint density at radius 3 is 2.53 bits per heavy atom. The number of hydrogen-bond acceptors (Lipinski definition) is 5. The van der Waals surface area contributed by atoms with Crippen molar-refractivity contribution in [3.8, 4) is 0 Å². The van der Waals surface area contributed by atoms with Gasteiger partial charge in [0.2, 0.25) is 5.76 Å². The summed E-state index contributed by atoms with van der Waals surface area (Å²) in [6.07, 6.45) is 1.05. The predicted octanol–water partition coefficient (Wildman–Crippen LogP) is 2.60. The van der Waals surface area contributed by atoms with Crippen molar-refractivity contribution < 1.29 is 23.8 Å². The summed E-state index contributed by atoms with van der Waals surface area (Å²) in [5, 5.41) is 11.3. The molecule has 1 saturated carbocycles. The summed E-state index contributed by atoms with van der Waals surface area (Å²) in [6, 6.07) is -0.145. The number of carboxylic acid groups (broad SMARTS) is 1. The van der Waals surface area contributed by atoms with Crippen molar-refractivity contribution in [2.24, 2.45) is 0 Å². The molecule has 0 unspecified atom stereocenters. The smallest absolute Gasteiger partial charge is 0.415 e. The van der Waals surface area contributed by atoms with Crippen molar-refractivity contribution in [1.29, 1.82) is 0 Å². The summed E-state index contributed by atoms with van der Waals surface area (Å²) in [6.45, 7) is 5.17. The standard InChI is InChI=1S/C12H16N2O5/c1-12(2,3)19-11(17)14-10-13-7(6-4-5-6)8(18-10)9(15)16/h6H,4-5H2,1-3H3,(H,15,16)(H,13,14,17). The van der Waals surface area contributed by atoms with E-state index >= 15 is 0 Å². The molecule has 1 aliphatic rings. The molecule has 0 aliphatic heterocycles. The Labute approximate surface area is 110 Å². The van der Waals surface area contributed by atoms with Crippen LogP contribution in [0.2, 0.25) is 0 Å². The molecule has 1 aromatic rings. The fraction of sp³-hybridized carbons (Fsp3) is 0.583. The average molecular weight is 268 g/mol. The van der Waals surface area contributed by atoms with Gasteiger partial charge >= 0.3 is 18.1 Å². The first-order valence-corrected chi connectivity index (χ1v) is 6.00. The fourth-order valence-electron chi connectivity index (χ4n) is 1.56. The first kappa shape index (κ1) is 13.4. The van der Waals surface area contributed by atoms with Crippen LogP contribution in [0.3, 0.4) is 0 Å². The number of rotatable bonds is 3. The van der Waals surface area contributed by atoms with Crippen molar-refractivity contribution in [2.45, 2.75) is 45.1 Å². The second kappa shape index (κ2) is 4.56. The van der Waals surface area contributed by atoms with Crippen LogP contribution in [0.4, 0.5) is 10.8 Å². The first-order chi connectivity index (χ1) is 8.76. The molecule has 0 aromatic carbocycles. The maximum atomic E-state index is 11.5. The highest BCUT2D eigenvalue weighted by atomic mass is 16.6. The number of oxazole rings is 1. The van der Waals surface area contributed by atoms with E-state index < -0.39 is 17.7 Å². The highest BCUT2D eigenvalue weighted by Gasteiger charge is 2.34. The monoisotopic (exact) mass is 268 g/mol. The molecule has 2 N–H and O–H groups in total. The number of carbonyl (C=O) groups excluding carboxylic acids is 1. The van der Waals surface area contributed by atoms with Crippen molar-refractivity contribution in [2.75, 3.05) is 5.32 Å². The highest BCUT2D eigenvalue weighted by molar-refractivity contribution is 5.87. The van der Waals surface area contributed by atoms with E-state index in [1.54, 1.807) is 20.8 Å². The second-order valence-corrected chi connectivity index (χ2v) is 5.44. The van der Waals surface area contributed by atoms with Crippen molar-refractivity contribution in [3.05, 3.63) is 11.5 Å². The minimum Gasteiger partial charge on any atom is -0.475 e. The van der Waals surface area contributed by atoms with E-state index in [0.717, 1.165) is 12.8 Å². The molecule has 1 heterocycles. The molecule has 1 aliphatic carbocycles. The van der Waals surface area contributed by atoms with Gasteiger partial charge in [-0.2, -0.15) is 4.98 Å². The number of hydrogen-bond donors (Lipinski definition) is 2. The van der Waals surface area contributed by atoms with Gasteiger partial charge in [0.05, 0.1) is 5.69 Å². The minimum atomic E-state index is -1.19. The van der Waals surface area contributed by atoms with E-state index in [-0.39, 0.29) is 17.7 Å². The van der Waals surface area contributed by atoms with E-state index in [2.05, 4.69) is 10.3 Å². The molecular weight excluding hydrogens is 252 g/mol. The van der Waals surface area contributed by atoms with Gasteiger partial charge in [-0.3, -0.25) is 0 Å². The third-order valence-corrected chi connectivity index (χ3v) is 2.42. The zero-order chi connectivity index (χ0) is 14.2. The fourth-order valence-corrected chi connectivity index (χ4v) is 1.56. The lowest BCUT2D eigenvalue weighted by Gasteiger charge is -2.18. The lowest BCUT2D eigenvalue weighted by Crippen LogP contribution is -2.27. The summed E-state index contributed by atoms with van der Waals surface area (Å²) >= 11 is 0. The van der Waals surface area contributed by atoms with Crippen molar-refractivity contribution in [3.63, 3.8) is 0 Å². The third kappa shape index (κ3) is 3.46. The molecular formula is C12H16N2O5. The number of nitrogens with one attached hydrogen (secondary N) is 1. The maximum absolute atomic E-state index is 11.5. The normalized spacial score (nSPS) is 15.1. The van der Waals surface area contributed by atoms with E-state index in [0.29, 0.717) is 5.69 Å². The van der Waals surface area contributed by atoms with Gasteiger partial charge in [-0.1, -0.05) is 0 Å². The van der Waals surface area contributed by atoms with Gasteiger partial charge in [-0.25, -0.2) is 14.9 Å². The quantitative estimate of drug-likeness (QED) is 0.873. The Kier molecular flexibility index (Phi) is 3.21. The van der Waals surface area contributed by atoms with E-state index in [9.17, 15) is 9.59 Å². The zero-order valence-electron chi connectivity index (χ0n) is 11.0. The number of anilines is 1. The molecule has 7 nitrogen and oxygen atoms in total. The molecule has 1 fully saturated rings. The van der Waals surface area contributed by atoms with Crippen LogP contribution < -0.4 is 5.32 Å². The summed E-state index contributed by atoms with van der Waals surface area (Å²) in [5.41, 5.74) is -0.260. The van der Waals surface area contributed by atoms with Crippen LogP contribution in [-0.2, 0) is 4.74 Å². The van der Waals surface area contributed by atoms with E-state index in [4.69, 9.17) is 14.3 Å². The molecule has 0 atom stereocenters. The van der Waals surface area contributed by atoms with Crippen LogP contribution in [0.25, 0.3) is 0 Å². The molecule has 1 amide bonds. The largest absolute Gasteiger partial charge is 0.475 e. The van der Waals surface area contributed by atoms with Crippen LogP contribution >= 0.6 is 0 Å². The van der Waals surface area contributed by atoms with Gasteiger partial charge in [0.25, 0.3) is 0 Å². The van der Waals surface area contributed by atoms with Crippen molar-refractivity contribution >= 4 is 18.1 Å². The minimum absolute atomic E-state index is 0.115. The number of amides is 1. The topological polar surface area (TPSA) is 102 Å². The highest BCUT2D eigenvalue weighted by Crippen LogP contribution is 2.41. The molecule has 0 spiro atoms. The molecule has 0 saturated heterocycles. The van der Waals surface area contributed by atoms with Crippen LogP contribution in [0, 0.1) is 0 Å². The molecule has 0 radical (unpaired) electrons. The number of carbonyl (C=O) groups is 2. The average Bonchev–Trinajstić information content (AvgIpc) is 2.97. The lowest BCUT2D eigenvalue weighted by molar-refractivity contribution is 0.0619. The van der Waals surface area contributed by atoms with Crippen LogP contribution in [0.1, 0.15) is 55.8 Å². The van der Waals surface area contributed by atoms with Gasteiger partial charge in [-0.15, -0.1) is 0 Å². The maximum Gasteiger partial charge on any atom is 0.415 e. The number of ether oxygens (including phenoxy) is 1. The summed E-state index contributed by atoms with van der Waals surface area (Å²) in [7, 11) is 0. The lowest BCUT2D eigenvalue weighted by atomic mass is 10.2. The zero-order valence-corrected chi connectivity index (χ0v) is 11.0. The van der Waals surface area contributed by atoms with Crippen LogP contribution in [0.15, 0.2) is 4.42 Å². The molecule has 0 bridgehead atoms. The van der Waals surface area contributed by atoms with Crippen LogP contribution in [0.5, 0.6) is 0 Å². The summed E-state index contributed by atoms with van der Waals surface area (Å²) < 4.78 is 10.1. The number of nitrogens with zero attached hydrogens (tertiary/aromatic N) is 1. The van der Waals surface area contributed by atoms with E-state index in [1.165, 1.54) is 0 Å². The first-order valence-electron chi connectivity index (χ1n) is 6.00. The van der Waals surface area contributed by atoms with Gasteiger partial charge in [-0.05, 0) is 33.6 Å². The van der Waals surface area contributed by atoms with Gasteiger partial charge in [0, 0.05) is 5.92 Å². The SMILES string of the molecule is CC(C)(C)OC(=O)Nc1nc(C2CC2)c(C(=O)O)o1. The van der Waals surface area contributed by atoms with Crippen molar-refractivity contribution in [1.82, 2.24) is 4.98 Å².